The van der Waals surface area contributed by atoms with Crippen molar-refractivity contribution in [2.75, 3.05) is 12.3 Å². The summed E-state index contributed by atoms with van der Waals surface area (Å²) in [6.45, 7) is 0.562. The minimum absolute atomic E-state index is 0.129. The number of hydrogen-bond acceptors (Lipinski definition) is 4. The number of benzene rings is 1. The first-order valence-electron chi connectivity index (χ1n) is 5.91. The van der Waals surface area contributed by atoms with E-state index in [1.165, 1.54) is 0 Å². The van der Waals surface area contributed by atoms with Crippen molar-refractivity contribution in [3.63, 3.8) is 0 Å². The van der Waals surface area contributed by atoms with E-state index in [1.54, 1.807) is 4.90 Å². The molecule has 104 valence electrons. The zero-order chi connectivity index (χ0) is 14.0. The molecular weight excluding hydrogens is 268 g/mol. The second kappa shape index (κ2) is 5.28. The molecular formula is C12H16N2O4S. The first-order valence-corrected chi connectivity index (χ1v) is 7.62. The van der Waals surface area contributed by atoms with Crippen LogP contribution in [0.5, 0.6) is 0 Å². The van der Waals surface area contributed by atoms with Crippen LogP contribution in [0.15, 0.2) is 24.3 Å². The standard InChI is InChI=1S/C12H16N2O4S/c13-19(17,18)6-5-14-8-10-4-2-1-3-9(10)7-11(14)12(15)16/h1-4,11H,5-8H2,(H,15,16)(H2,13,17,18)/t11-/m0/s1. The van der Waals surface area contributed by atoms with Gasteiger partial charge in [0.1, 0.15) is 6.04 Å². The van der Waals surface area contributed by atoms with Gasteiger partial charge in [-0.3, -0.25) is 9.69 Å². The number of carbonyl (C=O) groups is 1. The van der Waals surface area contributed by atoms with Gasteiger partial charge in [-0.2, -0.15) is 0 Å². The molecule has 0 bridgehead atoms. The Labute approximate surface area is 111 Å². The molecule has 1 atom stereocenters. The first kappa shape index (κ1) is 14.0. The highest BCUT2D eigenvalue weighted by Crippen LogP contribution is 2.23. The fourth-order valence-corrected chi connectivity index (χ4v) is 2.79. The number of rotatable bonds is 4. The third-order valence-corrected chi connectivity index (χ3v) is 4.05. The van der Waals surface area contributed by atoms with Crippen molar-refractivity contribution in [1.82, 2.24) is 4.90 Å². The number of hydrogen-bond donors (Lipinski definition) is 2. The van der Waals surface area contributed by atoms with Crippen molar-refractivity contribution in [1.29, 1.82) is 0 Å². The molecule has 0 fully saturated rings. The molecule has 3 N–H and O–H groups in total. The number of carboxylic acids is 1. The van der Waals surface area contributed by atoms with Crippen LogP contribution in [0.2, 0.25) is 0 Å². The van der Waals surface area contributed by atoms with Crippen LogP contribution in [0.4, 0.5) is 0 Å². The lowest BCUT2D eigenvalue weighted by atomic mass is 9.94. The van der Waals surface area contributed by atoms with Crippen LogP contribution in [-0.4, -0.2) is 42.7 Å². The van der Waals surface area contributed by atoms with E-state index >= 15 is 0 Å². The molecule has 0 aromatic heterocycles. The fourth-order valence-electron chi connectivity index (χ4n) is 2.30. The molecule has 0 unspecified atom stereocenters. The summed E-state index contributed by atoms with van der Waals surface area (Å²) in [4.78, 5) is 12.9. The van der Waals surface area contributed by atoms with Crippen LogP contribution in [0, 0.1) is 0 Å². The first-order chi connectivity index (χ1) is 8.87. The van der Waals surface area contributed by atoms with Gasteiger partial charge in [-0.15, -0.1) is 0 Å². The van der Waals surface area contributed by atoms with E-state index in [1.807, 2.05) is 24.3 Å². The Morgan fingerprint density at radius 3 is 2.58 bits per heavy atom. The normalized spacial score (nSPS) is 19.9. The van der Waals surface area contributed by atoms with Gasteiger partial charge in [0.25, 0.3) is 0 Å². The molecule has 0 radical (unpaired) electrons. The Hall–Kier alpha value is -1.44. The molecule has 0 aliphatic carbocycles. The maximum Gasteiger partial charge on any atom is 0.321 e. The Morgan fingerprint density at radius 1 is 1.37 bits per heavy atom. The minimum atomic E-state index is -3.58. The van der Waals surface area contributed by atoms with Gasteiger partial charge in [0.15, 0.2) is 0 Å². The fraction of sp³-hybridized carbons (Fsp3) is 0.417. The molecule has 1 aliphatic rings. The molecule has 1 heterocycles. The summed E-state index contributed by atoms with van der Waals surface area (Å²) in [5.41, 5.74) is 2.04. The largest absolute Gasteiger partial charge is 0.480 e. The third-order valence-electron chi connectivity index (χ3n) is 3.29. The highest BCUT2D eigenvalue weighted by molar-refractivity contribution is 7.89. The van der Waals surface area contributed by atoms with E-state index in [-0.39, 0.29) is 12.3 Å². The molecule has 0 amide bonds. The van der Waals surface area contributed by atoms with Crippen molar-refractivity contribution < 1.29 is 18.3 Å². The van der Waals surface area contributed by atoms with Crippen molar-refractivity contribution in [2.24, 2.45) is 5.14 Å². The van der Waals surface area contributed by atoms with Gasteiger partial charge in [0, 0.05) is 13.1 Å². The number of sulfonamides is 1. The molecule has 0 saturated heterocycles. The van der Waals surface area contributed by atoms with Gasteiger partial charge >= 0.3 is 5.97 Å². The molecule has 19 heavy (non-hydrogen) atoms. The van der Waals surface area contributed by atoms with E-state index in [0.717, 1.165) is 11.1 Å². The van der Waals surface area contributed by atoms with Gasteiger partial charge < -0.3 is 5.11 Å². The van der Waals surface area contributed by atoms with Crippen molar-refractivity contribution in [3.8, 4) is 0 Å². The summed E-state index contributed by atoms with van der Waals surface area (Å²) in [5.74, 6) is -1.18. The maximum atomic E-state index is 11.3. The van der Waals surface area contributed by atoms with Crippen molar-refractivity contribution >= 4 is 16.0 Å². The number of aliphatic carboxylic acids is 1. The summed E-state index contributed by atoms with van der Waals surface area (Å²) in [6.07, 6.45) is 0.385. The maximum absolute atomic E-state index is 11.3. The van der Waals surface area contributed by atoms with Crippen LogP contribution in [0.1, 0.15) is 11.1 Å². The Balaban J connectivity index is 2.19. The number of nitrogens with zero attached hydrogens (tertiary/aromatic N) is 1. The van der Waals surface area contributed by atoms with Crippen LogP contribution in [-0.2, 0) is 27.8 Å². The van der Waals surface area contributed by atoms with E-state index in [9.17, 15) is 18.3 Å². The summed E-state index contributed by atoms with van der Waals surface area (Å²) < 4.78 is 22.0. The second-order valence-electron chi connectivity index (χ2n) is 4.66. The van der Waals surface area contributed by atoms with Gasteiger partial charge in [0.2, 0.25) is 10.0 Å². The highest BCUT2D eigenvalue weighted by atomic mass is 32.2. The van der Waals surface area contributed by atoms with Crippen molar-refractivity contribution in [2.45, 2.75) is 19.0 Å². The molecule has 0 spiro atoms. The highest BCUT2D eigenvalue weighted by Gasteiger charge is 2.31. The van der Waals surface area contributed by atoms with Crippen LogP contribution < -0.4 is 5.14 Å². The average molecular weight is 284 g/mol. The zero-order valence-corrected chi connectivity index (χ0v) is 11.1. The van der Waals surface area contributed by atoms with Gasteiger partial charge in [-0.25, -0.2) is 13.6 Å². The molecule has 1 aromatic rings. The predicted octanol–water partition coefficient (Wildman–Crippen LogP) is -0.214. The Morgan fingerprint density at radius 2 is 2.00 bits per heavy atom. The average Bonchev–Trinajstić information content (AvgIpc) is 2.34. The van der Waals surface area contributed by atoms with E-state index in [2.05, 4.69) is 0 Å². The molecule has 2 rings (SSSR count). The summed E-state index contributed by atoms with van der Waals surface area (Å²) >= 11 is 0. The number of nitrogens with two attached hydrogens (primary N) is 1. The minimum Gasteiger partial charge on any atom is -0.480 e. The molecule has 0 saturated carbocycles. The number of primary sulfonamides is 1. The van der Waals surface area contributed by atoms with E-state index in [0.29, 0.717) is 13.0 Å². The van der Waals surface area contributed by atoms with Crippen LogP contribution in [0.25, 0.3) is 0 Å². The monoisotopic (exact) mass is 284 g/mol. The second-order valence-corrected chi connectivity index (χ2v) is 6.40. The lowest BCUT2D eigenvalue weighted by molar-refractivity contribution is -0.143. The smallest absolute Gasteiger partial charge is 0.321 e. The summed E-state index contributed by atoms with van der Waals surface area (Å²) in [7, 11) is -3.58. The van der Waals surface area contributed by atoms with Gasteiger partial charge in [-0.05, 0) is 17.5 Å². The topological polar surface area (TPSA) is 101 Å². The number of carboxylic acid groups (broad SMARTS) is 1. The third kappa shape index (κ3) is 3.52. The summed E-state index contributed by atoms with van der Waals surface area (Å²) in [6, 6.07) is 6.89. The molecule has 1 aromatic carbocycles. The Kier molecular flexibility index (Phi) is 3.88. The van der Waals surface area contributed by atoms with E-state index in [4.69, 9.17) is 5.14 Å². The molecule has 1 aliphatic heterocycles. The van der Waals surface area contributed by atoms with Crippen LogP contribution in [0.3, 0.4) is 0 Å². The lowest BCUT2D eigenvalue weighted by Gasteiger charge is -2.34. The number of fused-ring (bicyclic) bond motifs is 1. The quantitative estimate of drug-likeness (QED) is 0.796. The Bertz CT molecular complexity index is 585. The van der Waals surface area contributed by atoms with Crippen LogP contribution >= 0.6 is 0 Å². The van der Waals surface area contributed by atoms with E-state index < -0.39 is 22.0 Å². The lowest BCUT2D eigenvalue weighted by Crippen LogP contribution is -2.47. The predicted molar refractivity (Wildman–Crippen MR) is 70.0 cm³/mol. The molecule has 7 heteroatoms. The zero-order valence-electron chi connectivity index (χ0n) is 10.3. The van der Waals surface area contributed by atoms with Gasteiger partial charge in [0.05, 0.1) is 5.75 Å². The molecule has 6 nitrogen and oxygen atoms in total. The van der Waals surface area contributed by atoms with Crippen molar-refractivity contribution in [3.05, 3.63) is 35.4 Å². The SMILES string of the molecule is NS(=O)(=O)CCN1Cc2ccccc2C[C@H]1C(=O)O. The van der Waals surface area contributed by atoms with Gasteiger partial charge in [-0.1, -0.05) is 24.3 Å². The summed E-state index contributed by atoms with van der Waals surface area (Å²) in [5, 5.41) is 14.2.